The van der Waals surface area contributed by atoms with E-state index in [-0.39, 0.29) is 5.41 Å². The highest BCUT2D eigenvalue weighted by Gasteiger charge is 2.23. The van der Waals surface area contributed by atoms with Crippen molar-refractivity contribution in [1.29, 1.82) is 0 Å². The van der Waals surface area contributed by atoms with E-state index in [9.17, 15) is 0 Å². The molecule has 192 valence electrons. The van der Waals surface area contributed by atoms with Gasteiger partial charge in [-0.05, 0) is 88.7 Å². The van der Waals surface area contributed by atoms with Gasteiger partial charge in [0.05, 0.1) is 16.0 Å². The molecule has 3 heterocycles. The molecule has 0 atom stereocenters. The van der Waals surface area contributed by atoms with Gasteiger partial charge in [-0.1, -0.05) is 71.0 Å². The average molecular weight is 518 g/mol. The summed E-state index contributed by atoms with van der Waals surface area (Å²) in [6.45, 7) is 15.8. The molecule has 0 bridgehead atoms. The van der Waals surface area contributed by atoms with E-state index in [0.717, 1.165) is 40.0 Å². The number of nitrogens with zero attached hydrogens (tertiary/aromatic N) is 1. The summed E-state index contributed by atoms with van der Waals surface area (Å²) < 4.78 is 7.94. The lowest BCUT2D eigenvalue weighted by Crippen LogP contribution is -2.12. The Morgan fingerprint density at radius 2 is 1.68 bits per heavy atom. The van der Waals surface area contributed by atoms with Gasteiger partial charge in [-0.25, -0.2) is 0 Å². The van der Waals surface area contributed by atoms with E-state index in [1.165, 1.54) is 42.4 Å². The molecule has 0 amide bonds. The Morgan fingerprint density at radius 1 is 0.895 bits per heavy atom. The number of furan rings is 1. The van der Waals surface area contributed by atoms with Crippen molar-refractivity contribution in [3.8, 4) is 21.9 Å². The van der Waals surface area contributed by atoms with Crippen LogP contribution in [0.5, 0.6) is 0 Å². The molecule has 0 aliphatic rings. The second-order valence-electron chi connectivity index (χ2n) is 12.1. The number of pyridine rings is 1. The quantitative estimate of drug-likeness (QED) is 0.232. The molecule has 0 unspecified atom stereocenters. The second kappa shape index (κ2) is 9.10. The summed E-state index contributed by atoms with van der Waals surface area (Å²) in [5.74, 6) is 1.61. The maximum absolute atomic E-state index is 6.61. The largest absolute Gasteiger partial charge is 0.455 e. The van der Waals surface area contributed by atoms with E-state index in [2.05, 4.69) is 103 Å². The molecule has 0 saturated heterocycles. The van der Waals surface area contributed by atoms with Crippen LogP contribution in [0.2, 0.25) is 0 Å². The van der Waals surface area contributed by atoms with Gasteiger partial charge in [-0.15, -0.1) is 11.3 Å². The zero-order valence-electron chi connectivity index (χ0n) is 23.4. The molecule has 0 radical (unpaired) electrons. The van der Waals surface area contributed by atoms with Crippen molar-refractivity contribution < 1.29 is 4.42 Å². The number of rotatable bonds is 4. The number of hydrogen-bond acceptors (Lipinski definition) is 3. The third-order valence-corrected chi connectivity index (χ3v) is 8.89. The number of fused-ring (bicyclic) bond motifs is 3. The van der Waals surface area contributed by atoms with Crippen LogP contribution >= 0.6 is 11.3 Å². The molecular weight excluding hydrogens is 482 g/mol. The Kier molecular flexibility index (Phi) is 5.96. The first-order valence-corrected chi connectivity index (χ1v) is 14.4. The first-order valence-electron chi connectivity index (χ1n) is 13.6. The molecule has 3 aromatic carbocycles. The Balaban J connectivity index is 1.55. The Labute approximate surface area is 229 Å². The summed E-state index contributed by atoms with van der Waals surface area (Å²) in [7, 11) is 0. The monoisotopic (exact) mass is 517 g/mol. The van der Waals surface area contributed by atoms with Crippen LogP contribution in [0.1, 0.15) is 56.9 Å². The molecule has 0 aliphatic carbocycles. The summed E-state index contributed by atoms with van der Waals surface area (Å²) in [4.78, 5) is 6.14. The highest BCUT2D eigenvalue weighted by atomic mass is 32.1. The molecule has 38 heavy (non-hydrogen) atoms. The molecule has 6 aromatic rings. The topological polar surface area (TPSA) is 26.0 Å². The van der Waals surface area contributed by atoms with Gasteiger partial charge in [0.2, 0.25) is 0 Å². The smallest absolute Gasteiger partial charge is 0.148 e. The van der Waals surface area contributed by atoms with Crippen LogP contribution in [-0.4, -0.2) is 4.98 Å². The van der Waals surface area contributed by atoms with Crippen molar-refractivity contribution in [3.63, 3.8) is 0 Å². The van der Waals surface area contributed by atoms with Crippen LogP contribution in [-0.2, 0) is 11.8 Å². The van der Waals surface area contributed by atoms with Crippen LogP contribution < -0.4 is 0 Å². The van der Waals surface area contributed by atoms with E-state index in [1.54, 1.807) is 0 Å². The van der Waals surface area contributed by atoms with Crippen molar-refractivity contribution in [1.82, 2.24) is 4.98 Å². The summed E-state index contributed by atoms with van der Waals surface area (Å²) >= 11 is 1.84. The third kappa shape index (κ3) is 4.14. The molecule has 0 spiro atoms. The molecule has 0 saturated carbocycles. The molecule has 2 nitrogen and oxygen atoms in total. The van der Waals surface area contributed by atoms with Gasteiger partial charge < -0.3 is 4.42 Å². The highest BCUT2D eigenvalue weighted by molar-refractivity contribution is 7.22. The standard InChI is InChI=1S/C35H35NOS/c1-20(2)16-23-12-13-26-21(3)34(38-30(26)17-23)33-22(4)31-29(37-33)14-15-36-32(31)25-18-24-10-8-9-11-27(24)28(19-25)35(5,6)7/h8-15,17-20H,16H2,1-7H3. The maximum Gasteiger partial charge on any atom is 0.148 e. The van der Waals surface area contributed by atoms with Gasteiger partial charge in [0.25, 0.3) is 0 Å². The molecule has 0 N–H and O–H groups in total. The lowest BCUT2D eigenvalue weighted by molar-refractivity contribution is 0.596. The fourth-order valence-corrected chi connectivity index (χ4v) is 7.09. The Bertz CT molecular complexity index is 1830. The van der Waals surface area contributed by atoms with Crippen LogP contribution in [0.4, 0.5) is 0 Å². The molecule has 0 fully saturated rings. The summed E-state index contributed by atoms with van der Waals surface area (Å²) in [5, 5.41) is 4.97. The van der Waals surface area contributed by atoms with E-state index in [0.29, 0.717) is 5.92 Å². The minimum Gasteiger partial charge on any atom is -0.455 e. The fourth-order valence-electron chi connectivity index (χ4n) is 5.78. The van der Waals surface area contributed by atoms with Gasteiger partial charge in [0.15, 0.2) is 0 Å². The first-order chi connectivity index (χ1) is 18.1. The summed E-state index contributed by atoms with van der Waals surface area (Å²) in [6.07, 6.45) is 2.98. The summed E-state index contributed by atoms with van der Waals surface area (Å²) in [5.41, 5.74) is 8.23. The number of benzene rings is 3. The van der Waals surface area contributed by atoms with Crippen molar-refractivity contribution >= 4 is 43.2 Å². The SMILES string of the molecule is Cc1c(-c2oc3ccnc(-c4cc(C(C)(C)C)c5ccccc5c4)c3c2C)sc2cc(CC(C)C)ccc12. The number of aromatic nitrogens is 1. The van der Waals surface area contributed by atoms with Crippen LogP contribution in [0.3, 0.4) is 0 Å². The zero-order valence-corrected chi connectivity index (χ0v) is 24.2. The normalized spacial score (nSPS) is 12.4. The van der Waals surface area contributed by atoms with Gasteiger partial charge in [-0.2, -0.15) is 0 Å². The average Bonchev–Trinajstić information content (AvgIpc) is 3.38. The predicted octanol–water partition coefficient (Wildman–Crippen LogP) is 10.6. The van der Waals surface area contributed by atoms with E-state index in [1.807, 2.05) is 23.6 Å². The number of thiophene rings is 1. The molecule has 3 aromatic heterocycles. The second-order valence-corrected chi connectivity index (χ2v) is 13.1. The van der Waals surface area contributed by atoms with Crippen LogP contribution in [0, 0.1) is 19.8 Å². The molecule has 6 rings (SSSR count). The fraction of sp³-hybridized carbons (Fsp3) is 0.286. The van der Waals surface area contributed by atoms with E-state index in [4.69, 9.17) is 9.40 Å². The van der Waals surface area contributed by atoms with E-state index < -0.39 is 0 Å². The molecule has 0 aliphatic heterocycles. The zero-order chi connectivity index (χ0) is 26.8. The van der Waals surface area contributed by atoms with Gasteiger partial charge in [0, 0.05) is 22.0 Å². The predicted molar refractivity (Wildman–Crippen MR) is 164 cm³/mol. The van der Waals surface area contributed by atoms with Crippen molar-refractivity contribution in [2.24, 2.45) is 5.92 Å². The Hall–Kier alpha value is -3.43. The lowest BCUT2D eigenvalue weighted by atomic mass is 9.82. The van der Waals surface area contributed by atoms with Crippen molar-refractivity contribution in [3.05, 3.63) is 89.1 Å². The van der Waals surface area contributed by atoms with Gasteiger partial charge in [0.1, 0.15) is 11.3 Å². The molecular formula is C35H35NOS. The number of aryl methyl sites for hydroxylation is 2. The lowest BCUT2D eigenvalue weighted by Gasteiger charge is -2.22. The van der Waals surface area contributed by atoms with Crippen molar-refractivity contribution in [2.45, 2.75) is 60.3 Å². The van der Waals surface area contributed by atoms with Crippen LogP contribution in [0.25, 0.3) is 53.7 Å². The minimum atomic E-state index is 0.0166. The van der Waals surface area contributed by atoms with Gasteiger partial charge >= 0.3 is 0 Å². The minimum absolute atomic E-state index is 0.0166. The summed E-state index contributed by atoms with van der Waals surface area (Å²) in [6, 6.07) is 22.2. The van der Waals surface area contributed by atoms with E-state index >= 15 is 0 Å². The highest BCUT2D eigenvalue weighted by Crippen LogP contribution is 2.45. The van der Waals surface area contributed by atoms with Crippen LogP contribution in [0.15, 0.2) is 71.3 Å². The van der Waals surface area contributed by atoms with Crippen molar-refractivity contribution in [2.75, 3.05) is 0 Å². The van der Waals surface area contributed by atoms with Gasteiger partial charge in [-0.3, -0.25) is 4.98 Å². The maximum atomic E-state index is 6.61. The Morgan fingerprint density at radius 3 is 2.45 bits per heavy atom. The number of hydrogen-bond donors (Lipinski definition) is 0. The first kappa shape index (κ1) is 24.9. The molecule has 3 heteroatoms. The third-order valence-electron chi connectivity index (χ3n) is 7.64.